The molecule has 3 N–H and O–H groups in total. The fraction of sp³-hybridized carbons (Fsp3) is 0.600. The summed E-state index contributed by atoms with van der Waals surface area (Å²) in [6, 6.07) is 2.94. The zero-order valence-electron chi connectivity index (χ0n) is 16.7. The van der Waals surface area contributed by atoms with Crippen molar-refractivity contribution in [3.8, 4) is 0 Å². The minimum absolute atomic E-state index is 0.0786. The van der Waals surface area contributed by atoms with Crippen LogP contribution >= 0.6 is 0 Å². The van der Waals surface area contributed by atoms with Crippen molar-refractivity contribution in [3.05, 3.63) is 23.9 Å². The predicted octanol–water partition coefficient (Wildman–Crippen LogP) is 1.48. The number of anilines is 1. The van der Waals surface area contributed by atoms with Crippen molar-refractivity contribution >= 4 is 24.0 Å². The van der Waals surface area contributed by atoms with Crippen LogP contribution in [-0.2, 0) is 14.4 Å². The molecular formula is C20H29N5O4. The molecule has 1 aromatic heterocycles. The second-order valence-corrected chi connectivity index (χ2v) is 7.94. The zero-order chi connectivity index (χ0) is 20.8. The fourth-order valence-electron chi connectivity index (χ4n) is 4.22. The molecule has 0 radical (unpaired) electrons. The van der Waals surface area contributed by atoms with Gasteiger partial charge in [-0.1, -0.05) is 25.7 Å². The molecule has 3 amide bonds. The molecule has 1 aromatic rings. The Balaban J connectivity index is 1.69. The molecule has 9 nitrogen and oxygen atoms in total. The normalized spacial score (nSPS) is 20.5. The second kappa shape index (κ2) is 9.80. The van der Waals surface area contributed by atoms with Gasteiger partial charge in [-0.3, -0.25) is 24.6 Å². The molecule has 0 spiro atoms. The summed E-state index contributed by atoms with van der Waals surface area (Å²) in [5.74, 6) is -0.300. The van der Waals surface area contributed by atoms with Crippen LogP contribution in [0.3, 0.4) is 0 Å². The Hall–Kier alpha value is -2.52. The Morgan fingerprint density at radius 3 is 2.86 bits per heavy atom. The molecule has 158 valence electrons. The van der Waals surface area contributed by atoms with Gasteiger partial charge in [0.2, 0.25) is 18.2 Å². The minimum atomic E-state index is -0.667. The third-order valence-corrected chi connectivity index (χ3v) is 5.69. The Bertz CT molecular complexity index is 737. The molecule has 3 rings (SSSR count). The number of carbonyl (C=O) groups excluding carboxylic acids is 3. The Morgan fingerprint density at radius 2 is 2.17 bits per heavy atom. The lowest BCUT2D eigenvalue weighted by atomic mass is 9.92. The van der Waals surface area contributed by atoms with E-state index in [2.05, 4.69) is 15.7 Å². The number of nitrogens with one attached hydrogen (secondary N) is 2. The van der Waals surface area contributed by atoms with Gasteiger partial charge in [-0.05, 0) is 43.4 Å². The maximum absolute atomic E-state index is 13.2. The van der Waals surface area contributed by atoms with Crippen LogP contribution in [0.1, 0.15) is 44.1 Å². The van der Waals surface area contributed by atoms with Crippen LogP contribution in [0, 0.1) is 18.8 Å². The third-order valence-electron chi connectivity index (χ3n) is 5.69. The van der Waals surface area contributed by atoms with Crippen LogP contribution in [0.5, 0.6) is 0 Å². The highest BCUT2D eigenvalue weighted by Crippen LogP contribution is 2.31. The van der Waals surface area contributed by atoms with Gasteiger partial charge in [-0.15, -0.1) is 0 Å². The van der Waals surface area contributed by atoms with Crippen LogP contribution in [-0.4, -0.2) is 57.6 Å². The van der Waals surface area contributed by atoms with Crippen molar-refractivity contribution in [3.63, 3.8) is 0 Å². The number of amides is 3. The Morgan fingerprint density at radius 1 is 1.41 bits per heavy atom. The number of hydrogen-bond acceptors (Lipinski definition) is 6. The van der Waals surface area contributed by atoms with Crippen molar-refractivity contribution in [1.82, 2.24) is 20.5 Å². The lowest BCUT2D eigenvalue weighted by Gasteiger charge is -2.29. The molecule has 2 atom stereocenters. The van der Waals surface area contributed by atoms with Gasteiger partial charge in [0.05, 0.1) is 12.5 Å². The molecule has 1 saturated heterocycles. The first-order valence-corrected chi connectivity index (χ1v) is 10.2. The first-order chi connectivity index (χ1) is 14.0. The van der Waals surface area contributed by atoms with Crippen molar-refractivity contribution in [2.24, 2.45) is 11.8 Å². The number of rotatable bonds is 8. The van der Waals surface area contributed by atoms with E-state index < -0.39 is 12.0 Å². The van der Waals surface area contributed by atoms with Gasteiger partial charge in [0.25, 0.3) is 0 Å². The molecule has 1 unspecified atom stereocenters. The molecule has 2 fully saturated rings. The Labute approximate surface area is 170 Å². The molecule has 1 aliphatic carbocycles. The second-order valence-electron chi connectivity index (χ2n) is 7.94. The topological polar surface area (TPSA) is 115 Å². The van der Waals surface area contributed by atoms with E-state index >= 15 is 0 Å². The largest absolute Gasteiger partial charge is 0.309 e. The van der Waals surface area contributed by atoms with E-state index in [1.165, 1.54) is 5.01 Å². The maximum Gasteiger partial charge on any atom is 0.250 e. The summed E-state index contributed by atoms with van der Waals surface area (Å²) in [5.41, 5.74) is 3.97. The van der Waals surface area contributed by atoms with Gasteiger partial charge in [-0.2, -0.15) is 0 Å². The SMILES string of the molecule is Cc1ccnc(NC(=O)[C@@H]2CCNN2C(=O)C(CC2CCCC2)CN(O)C=O)c1. The van der Waals surface area contributed by atoms with Gasteiger partial charge in [-0.25, -0.2) is 15.5 Å². The van der Waals surface area contributed by atoms with Crippen LogP contribution < -0.4 is 10.7 Å². The summed E-state index contributed by atoms with van der Waals surface area (Å²) < 4.78 is 0. The van der Waals surface area contributed by atoms with E-state index in [4.69, 9.17) is 0 Å². The monoisotopic (exact) mass is 403 g/mol. The quantitative estimate of drug-likeness (QED) is 0.344. The van der Waals surface area contributed by atoms with Crippen LogP contribution in [0.4, 0.5) is 5.82 Å². The fourth-order valence-corrected chi connectivity index (χ4v) is 4.22. The van der Waals surface area contributed by atoms with Crippen LogP contribution in [0.2, 0.25) is 0 Å². The van der Waals surface area contributed by atoms with Gasteiger partial charge in [0.1, 0.15) is 11.9 Å². The first-order valence-electron chi connectivity index (χ1n) is 10.2. The number of hydrogen-bond donors (Lipinski definition) is 3. The zero-order valence-corrected chi connectivity index (χ0v) is 16.7. The van der Waals surface area contributed by atoms with Crippen molar-refractivity contribution < 1.29 is 19.6 Å². The number of hydroxylamine groups is 2. The average molecular weight is 403 g/mol. The summed E-state index contributed by atoms with van der Waals surface area (Å²) >= 11 is 0. The van der Waals surface area contributed by atoms with E-state index in [0.29, 0.717) is 42.6 Å². The number of aryl methyl sites for hydroxylation is 1. The number of nitrogens with zero attached hydrogens (tertiary/aromatic N) is 3. The average Bonchev–Trinajstić information content (AvgIpc) is 3.38. The number of aromatic nitrogens is 1. The highest BCUT2D eigenvalue weighted by atomic mass is 16.5. The van der Waals surface area contributed by atoms with Gasteiger partial charge in [0.15, 0.2) is 0 Å². The lowest BCUT2D eigenvalue weighted by Crippen LogP contribution is -2.51. The smallest absolute Gasteiger partial charge is 0.250 e. The van der Waals surface area contributed by atoms with E-state index in [9.17, 15) is 19.6 Å². The van der Waals surface area contributed by atoms with Crippen molar-refractivity contribution in [1.29, 1.82) is 0 Å². The third kappa shape index (κ3) is 5.51. The Kier molecular flexibility index (Phi) is 7.16. The summed E-state index contributed by atoms with van der Waals surface area (Å²) in [6.45, 7) is 2.33. The predicted molar refractivity (Wildman–Crippen MR) is 105 cm³/mol. The molecule has 2 aliphatic rings. The molecule has 1 aliphatic heterocycles. The molecule has 0 bridgehead atoms. The van der Waals surface area contributed by atoms with Crippen molar-refractivity contribution in [2.45, 2.75) is 51.5 Å². The molecule has 29 heavy (non-hydrogen) atoms. The highest BCUT2D eigenvalue weighted by Gasteiger charge is 2.39. The van der Waals surface area contributed by atoms with Crippen molar-refractivity contribution in [2.75, 3.05) is 18.4 Å². The maximum atomic E-state index is 13.2. The summed E-state index contributed by atoms with van der Waals surface area (Å²) in [4.78, 5) is 41.0. The number of pyridine rings is 1. The molecule has 9 heteroatoms. The van der Waals surface area contributed by atoms with E-state index in [-0.39, 0.29) is 18.4 Å². The van der Waals surface area contributed by atoms with Gasteiger partial charge < -0.3 is 5.32 Å². The van der Waals surface area contributed by atoms with Gasteiger partial charge >= 0.3 is 0 Å². The molecule has 1 saturated carbocycles. The van der Waals surface area contributed by atoms with Gasteiger partial charge in [0, 0.05) is 12.7 Å². The molecular weight excluding hydrogens is 374 g/mol. The van der Waals surface area contributed by atoms with E-state index in [1.54, 1.807) is 12.3 Å². The van der Waals surface area contributed by atoms with Crippen LogP contribution in [0.25, 0.3) is 0 Å². The van der Waals surface area contributed by atoms with Crippen LogP contribution in [0.15, 0.2) is 18.3 Å². The highest BCUT2D eigenvalue weighted by molar-refractivity contribution is 5.97. The van der Waals surface area contributed by atoms with E-state index in [0.717, 1.165) is 31.2 Å². The standard InChI is InChI=1S/C20H29N5O4/c1-14-6-8-21-18(10-14)23-19(27)17-7-9-22-25(17)20(28)16(12-24(29)13-26)11-15-4-2-3-5-15/h6,8,10,13,15-17,22,29H,2-5,7,9,11-12H2,1H3,(H,21,23,27)/t16?,17-/m0/s1. The minimum Gasteiger partial charge on any atom is -0.309 e. The lowest BCUT2D eigenvalue weighted by molar-refractivity contribution is -0.159. The first kappa shape index (κ1) is 21.2. The summed E-state index contributed by atoms with van der Waals surface area (Å²) in [7, 11) is 0. The van der Waals surface area contributed by atoms with E-state index in [1.807, 2.05) is 13.0 Å². The summed E-state index contributed by atoms with van der Waals surface area (Å²) in [6.07, 6.45) is 7.37. The number of hydrazine groups is 1. The molecule has 2 heterocycles. The molecule has 0 aromatic carbocycles. The summed E-state index contributed by atoms with van der Waals surface area (Å²) in [5, 5.41) is 14.3. The number of carbonyl (C=O) groups is 3.